The molecule has 4 N–H and O–H groups in total. The van der Waals surface area contributed by atoms with Crippen LogP contribution in [0.2, 0.25) is 0 Å². The number of hydrogen-bond acceptors (Lipinski definition) is 4. The van der Waals surface area contributed by atoms with Crippen molar-refractivity contribution < 1.29 is 20.2 Å². The van der Waals surface area contributed by atoms with Gasteiger partial charge in [0, 0.05) is 12.6 Å². The lowest BCUT2D eigenvalue weighted by atomic mass is 10.0. The maximum atomic E-state index is 12.3. The maximum Gasteiger partial charge on any atom is 0.353 e. The summed E-state index contributed by atoms with van der Waals surface area (Å²) in [6, 6.07) is 7.77. The number of carbonyl (C=O) groups is 2. The van der Waals surface area contributed by atoms with E-state index in [1.165, 1.54) is 19.2 Å². The Morgan fingerprint density at radius 3 is 2.24 bits per heavy atom. The summed E-state index contributed by atoms with van der Waals surface area (Å²) in [7, 11) is 1.17. The van der Waals surface area contributed by atoms with Gasteiger partial charge in [-0.3, -0.25) is 19.1 Å². The maximum absolute atomic E-state index is 12.3. The van der Waals surface area contributed by atoms with Gasteiger partial charge in [-0.2, -0.15) is 0 Å². The van der Waals surface area contributed by atoms with E-state index >= 15 is 0 Å². The van der Waals surface area contributed by atoms with Gasteiger partial charge < -0.3 is 10.6 Å². The molecule has 0 bridgehead atoms. The second kappa shape index (κ2) is 5.97. The van der Waals surface area contributed by atoms with Gasteiger partial charge >= 0.3 is 11.7 Å². The van der Waals surface area contributed by atoms with Gasteiger partial charge in [0.2, 0.25) is 5.78 Å². The van der Waals surface area contributed by atoms with Crippen LogP contribution in [0, 0.1) is 0 Å². The first-order valence-electron chi connectivity index (χ1n) is 5.60. The number of nitrogens with one attached hydrogen (secondary N) is 1. The van der Waals surface area contributed by atoms with Crippen molar-refractivity contribution >= 4 is 11.8 Å². The average Bonchev–Trinajstić information content (AvgIpc) is 2.42. The normalized spacial score (nSPS) is 9.76. The first-order chi connectivity index (χ1) is 9.43. The third-order valence-electron chi connectivity index (χ3n) is 2.79. The molecule has 0 aliphatic heterocycles. The highest BCUT2D eigenvalue weighted by Gasteiger charge is 2.25. The van der Waals surface area contributed by atoms with E-state index in [0.717, 1.165) is 4.57 Å². The fourth-order valence-electron chi connectivity index (χ4n) is 1.82. The molecule has 21 heavy (non-hydrogen) atoms. The molecule has 8 heteroatoms. The molecule has 2 rings (SSSR count). The zero-order chi connectivity index (χ0) is 14.9. The highest BCUT2D eigenvalue weighted by molar-refractivity contribution is 6.13. The Morgan fingerprint density at radius 1 is 1.14 bits per heavy atom. The summed E-state index contributed by atoms with van der Waals surface area (Å²) in [6.07, 6.45) is 0. The van der Waals surface area contributed by atoms with E-state index in [0.29, 0.717) is 0 Å². The molecule has 0 amide bonds. The van der Waals surface area contributed by atoms with E-state index in [-0.39, 0.29) is 11.0 Å². The number of aromatic nitrogens is 2. The van der Waals surface area contributed by atoms with Gasteiger partial charge in [-0.15, -0.1) is 0 Å². The van der Waals surface area contributed by atoms with Gasteiger partial charge in [0.1, 0.15) is 11.3 Å². The van der Waals surface area contributed by atoms with Crippen LogP contribution in [-0.2, 0) is 7.05 Å². The Labute approximate surface area is 117 Å². The van der Waals surface area contributed by atoms with Gasteiger partial charge in [0.05, 0.1) is 0 Å². The van der Waals surface area contributed by atoms with Crippen LogP contribution in [0.5, 0.6) is 0 Å². The summed E-state index contributed by atoms with van der Waals surface area (Å²) in [6.45, 7) is 0. The van der Waals surface area contributed by atoms with Crippen LogP contribution in [0.25, 0.3) is 0 Å². The van der Waals surface area contributed by atoms with E-state index in [9.17, 15) is 19.2 Å². The lowest BCUT2D eigenvalue weighted by molar-refractivity contribution is 0.0679. The summed E-state index contributed by atoms with van der Waals surface area (Å²) in [5.74, 6) is -2.27. The second-order valence-corrected chi connectivity index (χ2v) is 4.04. The first kappa shape index (κ1) is 16.1. The highest BCUT2D eigenvalue weighted by atomic mass is 16.4. The van der Waals surface area contributed by atoms with Gasteiger partial charge in [0.15, 0.2) is 0 Å². The fraction of sp³-hybridized carbons (Fsp3) is 0.0769. The number of ketones is 1. The molecule has 0 unspecified atom stereocenters. The third-order valence-corrected chi connectivity index (χ3v) is 2.79. The van der Waals surface area contributed by atoms with Crippen LogP contribution < -0.4 is 11.2 Å². The van der Waals surface area contributed by atoms with Crippen LogP contribution in [0.15, 0.2) is 39.9 Å². The number of aromatic amines is 1. The monoisotopic (exact) mass is 292 g/mol. The minimum Gasteiger partial charge on any atom is -0.477 e. The molecule has 1 heterocycles. The fourth-order valence-corrected chi connectivity index (χ4v) is 1.82. The Balaban J connectivity index is 0.00000220. The van der Waals surface area contributed by atoms with Crippen LogP contribution in [0.1, 0.15) is 26.4 Å². The summed E-state index contributed by atoms with van der Waals surface area (Å²) >= 11 is 0. The lowest BCUT2D eigenvalue weighted by Gasteiger charge is -2.08. The summed E-state index contributed by atoms with van der Waals surface area (Å²) in [4.78, 5) is 48.6. The van der Waals surface area contributed by atoms with Crippen LogP contribution in [0.4, 0.5) is 0 Å². The Morgan fingerprint density at radius 2 is 1.71 bits per heavy atom. The molecule has 0 saturated heterocycles. The molecule has 0 radical (unpaired) electrons. The Hall–Kier alpha value is -3.00. The largest absolute Gasteiger partial charge is 0.477 e. The third kappa shape index (κ3) is 2.79. The summed E-state index contributed by atoms with van der Waals surface area (Å²) in [5.41, 5.74) is -2.94. The number of H-pyrrole nitrogens is 1. The average molecular weight is 292 g/mol. The number of carboxylic acid groups (broad SMARTS) is 1. The molecule has 110 valence electrons. The second-order valence-electron chi connectivity index (χ2n) is 4.04. The molecular formula is C13H12N2O6. The molecule has 0 aliphatic carbocycles. The highest BCUT2D eigenvalue weighted by Crippen LogP contribution is 2.09. The van der Waals surface area contributed by atoms with Crippen molar-refractivity contribution in [2.24, 2.45) is 7.05 Å². The molecule has 2 aromatic rings. The van der Waals surface area contributed by atoms with Crippen molar-refractivity contribution in [2.75, 3.05) is 0 Å². The smallest absolute Gasteiger partial charge is 0.353 e. The Kier molecular flexibility index (Phi) is 4.56. The van der Waals surface area contributed by atoms with E-state index < -0.39 is 34.3 Å². The van der Waals surface area contributed by atoms with Crippen molar-refractivity contribution in [3.8, 4) is 0 Å². The SMILES string of the molecule is Cn1c(C(=O)O)c(C(=O)c2ccccc2)c(=O)[nH]c1=O.O. The predicted octanol–water partition coefficient (Wildman–Crippen LogP) is -0.822. The standard InChI is InChI=1S/C13H10N2O5.H2O/c1-15-9(12(18)19)8(11(17)14-13(15)20)10(16)7-5-3-2-4-6-7;/h2-6H,1H3,(H,18,19)(H,14,17,20);1H2. The number of hydrogen-bond donors (Lipinski definition) is 2. The van der Waals surface area contributed by atoms with Crippen LogP contribution in [0.3, 0.4) is 0 Å². The topological polar surface area (TPSA) is 141 Å². The van der Waals surface area contributed by atoms with Crippen molar-refractivity contribution in [3.63, 3.8) is 0 Å². The van der Waals surface area contributed by atoms with Gasteiger partial charge in [-0.1, -0.05) is 30.3 Å². The summed E-state index contributed by atoms with van der Waals surface area (Å²) in [5, 5.41) is 9.13. The van der Waals surface area contributed by atoms with Crippen LogP contribution in [-0.4, -0.2) is 31.9 Å². The molecule has 0 fully saturated rings. The van der Waals surface area contributed by atoms with Crippen molar-refractivity contribution in [1.29, 1.82) is 0 Å². The van der Waals surface area contributed by atoms with Gasteiger partial charge in [-0.05, 0) is 0 Å². The minimum absolute atomic E-state index is 0. The summed E-state index contributed by atoms with van der Waals surface area (Å²) < 4.78 is 0.722. The van der Waals surface area contributed by atoms with E-state index in [1.807, 2.05) is 4.98 Å². The van der Waals surface area contributed by atoms with Crippen molar-refractivity contribution in [2.45, 2.75) is 0 Å². The number of carboxylic acids is 1. The van der Waals surface area contributed by atoms with Crippen molar-refractivity contribution in [1.82, 2.24) is 9.55 Å². The number of nitrogens with zero attached hydrogens (tertiary/aromatic N) is 1. The molecule has 1 aromatic carbocycles. The zero-order valence-corrected chi connectivity index (χ0v) is 10.9. The quantitative estimate of drug-likeness (QED) is 0.711. The molecule has 0 atom stereocenters. The van der Waals surface area contributed by atoms with E-state index in [1.54, 1.807) is 18.2 Å². The minimum atomic E-state index is -1.52. The lowest BCUT2D eigenvalue weighted by Crippen LogP contribution is -2.37. The number of carbonyl (C=O) groups excluding carboxylic acids is 1. The molecule has 0 aliphatic rings. The first-order valence-corrected chi connectivity index (χ1v) is 5.60. The van der Waals surface area contributed by atoms with Gasteiger partial charge in [0.25, 0.3) is 5.56 Å². The molecule has 0 spiro atoms. The number of rotatable bonds is 3. The molecule has 1 aromatic heterocycles. The van der Waals surface area contributed by atoms with Crippen LogP contribution >= 0.6 is 0 Å². The zero-order valence-electron chi connectivity index (χ0n) is 10.9. The van der Waals surface area contributed by atoms with E-state index in [4.69, 9.17) is 5.11 Å². The van der Waals surface area contributed by atoms with E-state index in [2.05, 4.69) is 0 Å². The number of aromatic carboxylic acids is 1. The molecule has 8 nitrogen and oxygen atoms in total. The van der Waals surface area contributed by atoms with Gasteiger partial charge in [-0.25, -0.2) is 9.59 Å². The van der Waals surface area contributed by atoms with Crippen molar-refractivity contribution in [3.05, 3.63) is 68.0 Å². The Bertz CT molecular complexity index is 804. The number of benzene rings is 1. The predicted molar refractivity (Wildman–Crippen MR) is 72.8 cm³/mol. The molecular weight excluding hydrogens is 280 g/mol. The molecule has 0 saturated carbocycles.